The summed E-state index contributed by atoms with van der Waals surface area (Å²) in [6, 6.07) is 8.97. The molecule has 114 valence electrons. The van der Waals surface area contributed by atoms with Crippen molar-refractivity contribution in [2.45, 2.75) is 4.90 Å². The minimum Gasteiger partial charge on any atom is -0.506 e. The number of nitro benzene ring substituents is 1. The van der Waals surface area contributed by atoms with Crippen LogP contribution in [0, 0.1) is 10.1 Å². The van der Waals surface area contributed by atoms with Crippen molar-refractivity contribution in [2.24, 2.45) is 10.2 Å². The van der Waals surface area contributed by atoms with Crippen molar-refractivity contribution >= 4 is 26.9 Å². The zero-order chi connectivity index (χ0) is 16.3. The third-order valence-corrected chi connectivity index (χ3v) is 3.82. The van der Waals surface area contributed by atoms with Gasteiger partial charge in [0, 0.05) is 18.4 Å². The van der Waals surface area contributed by atoms with Crippen LogP contribution in [0.5, 0.6) is 5.75 Å². The lowest BCUT2D eigenvalue weighted by molar-refractivity contribution is -0.384. The monoisotopic (exact) mass is 321 g/mol. The van der Waals surface area contributed by atoms with Crippen LogP contribution in [0.4, 0.5) is 17.1 Å². The van der Waals surface area contributed by atoms with Gasteiger partial charge in [-0.2, -0.15) is 5.11 Å². The largest absolute Gasteiger partial charge is 0.506 e. The Kier molecular flexibility index (Phi) is 4.18. The third-order valence-electron chi connectivity index (χ3n) is 2.71. The summed E-state index contributed by atoms with van der Waals surface area (Å²) in [7, 11) is -3.43. The zero-order valence-electron chi connectivity index (χ0n) is 11.4. The molecule has 0 unspecified atom stereocenters. The molecule has 9 heteroatoms. The molecule has 0 atom stereocenters. The highest BCUT2D eigenvalue weighted by atomic mass is 32.2. The average Bonchev–Trinajstić information content (AvgIpc) is 2.45. The molecule has 0 aromatic heterocycles. The summed E-state index contributed by atoms with van der Waals surface area (Å²) >= 11 is 0. The van der Waals surface area contributed by atoms with Crippen LogP contribution < -0.4 is 0 Å². The second-order valence-corrected chi connectivity index (χ2v) is 6.41. The van der Waals surface area contributed by atoms with Crippen LogP contribution in [-0.2, 0) is 9.84 Å². The van der Waals surface area contributed by atoms with Crippen molar-refractivity contribution < 1.29 is 18.4 Å². The van der Waals surface area contributed by atoms with Crippen LogP contribution in [0.3, 0.4) is 0 Å². The molecule has 0 heterocycles. The van der Waals surface area contributed by atoms with Gasteiger partial charge in [-0.3, -0.25) is 10.1 Å². The number of hydrogen-bond donors (Lipinski definition) is 1. The zero-order valence-corrected chi connectivity index (χ0v) is 12.2. The minimum atomic E-state index is -3.43. The molecule has 0 radical (unpaired) electrons. The van der Waals surface area contributed by atoms with Crippen molar-refractivity contribution in [1.29, 1.82) is 0 Å². The smallest absolute Gasteiger partial charge is 0.269 e. The molecule has 0 saturated heterocycles. The number of nitrogens with zero attached hydrogens (tertiary/aromatic N) is 3. The Bertz CT molecular complexity index is 844. The first-order valence-electron chi connectivity index (χ1n) is 5.96. The van der Waals surface area contributed by atoms with Crippen LogP contribution in [-0.4, -0.2) is 24.7 Å². The summed E-state index contributed by atoms with van der Waals surface area (Å²) in [6.07, 6.45) is 1.04. The molecule has 0 spiro atoms. The second-order valence-electron chi connectivity index (χ2n) is 4.40. The van der Waals surface area contributed by atoms with E-state index < -0.39 is 14.8 Å². The Morgan fingerprint density at radius 2 is 1.73 bits per heavy atom. The standard InChI is InChI=1S/C13H11N3O5S/c1-22(20,21)11-6-7-13(17)12(8-11)15-14-9-2-4-10(5-3-9)16(18)19/h2-8,17H,1H3/b15-14+. The molecule has 0 aliphatic rings. The number of aromatic hydroxyl groups is 1. The van der Waals surface area contributed by atoms with E-state index in [1.165, 1.54) is 42.5 Å². The second kappa shape index (κ2) is 5.90. The SMILES string of the molecule is CS(=O)(=O)c1ccc(O)c(/N=N/c2ccc([N+](=O)[O-])cc2)c1. The molecule has 1 N–H and O–H groups in total. The average molecular weight is 321 g/mol. The first-order valence-corrected chi connectivity index (χ1v) is 7.86. The summed E-state index contributed by atoms with van der Waals surface area (Å²) in [5.74, 6) is -0.224. The summed E-state index contributed by atoms with van der Waals surface area (Å²) in [5, 5.41) is 27.8. The Hall–Kier alpha value is -2.81. The highest BCUT2D eigenvalue weighted by molar-refractivity contribution is 7.90. The molecule has 0 aliphatic heterocycles. The number of nitro groups is 1. The summed E-state index contributed by atoms with van der Waals surface area (Å²) in [4.78, 5) is 9.99. The van der Waals surface area contributed by atoms with Crippen molar-refractivity contribution in [3.8, 4) is 5.75 Å². The molecule has 2 aromatic carbocycles. The molecule has 0 aliphatic carbocycles. The van der Waals surface area contributed by atoms with E-state index in [0.29, 0.717) is 5.69 Å². The molecule has 0 saturated carbocycles. The molecule has 0 bridgehead atoms. The lowest BCUT2D eigenvalue weighted by Gasteiger charge is -2.01. The van der Waals surface area contributed by atoms with Crippen molar-refractivity contribution in [2.75, 3.05) is 6.26 Å². The van der Waals surface area contributed by atoms with Crippen LogP contribution in [0.25, 0.3) is 0 Å². The molecular weight excluding hydrogens is 310 g/mol. The molecule has 22 heavy (non-hydrogen) atoms. The van der Waals surface area contributed by atoms with E-state index in [1.807, 2.05) is 0 Å². The summed E-state index contributed by atoms with van der Waals surface area (Å²) in [6.45, 7) is 0. The van der Waals surface area contributed by atoms with Gasteiger partial charge in [-0.05, 0) is 30.3 Å². The van der Waals surface area contributed by atoms with Gasteiger partial charge in [0.2, 0.25) is 0 Å². The number of benzene rings is 2. The highest BCUT2D eigenvalue weighted by Gasteiger charge is 2.10. The minimum absolute atomic E-state index is 0.00273. The van der Waals surface area contributed by atoms with E-state index in [2.05, 4.69) is 10.2 Å². The Labute approximate surface area is 125 Å². The number of phenolic OH excluding ortho intramolecular Hbond substituents is 1. The number of rotatable bonds is 4. The molecule has 2 rings (SSSR count). The molecular formula is C13H11N3O5S. The highest BCUT2D eigenvalue weighted by Crippen LogP contribution is 2.30. The van der Waals surface area contributed by atoms with Crippen LogP contribution in [0.15, 0.2) is 57.6 Å². The predicted octanol–water partition coefficient (Wildman–Crippen LogP) is 3.12. The quantitative estimate of drug-likeness (QED) is 0.526. The van der Waals surface area contributed by atoms with E-state index in [1.54, 1.807) is 0 Å². The van der Waals surface area contributed by atoms with E-state index in [0.717, 1.165) is 6.26 Å². The fraction of sp³-hybridized carbons (Fsp3) is 0.0769. The van der Waals surface area contributed by atoms with Crippen LogP contribution in [0.1, 0.15) is 0 Å². The van der Waals surface area contributed by atoms with Gasteiger partial charge in [0.05, 0.1) is 15.5 Å². The maximum atomic E-state index is 11.5. The third kappa shape index (κ3) is 3.64. The van der Waals surface area contributed by atoms with Crippen LogP contribution in [0.2, 0.25) is 0 Å². The van der Waals surface area contributed by atoms with Gasteiger partial charge in [0.1, 0.15) is 11.4 Å². The molecule has 0 amide bonds. The Morgan fingerprint density at radius 1 is 1.09 bits per heavy atom. The number of hydrogen-bond acceptors (Lipinski definition) is 7. The number of sulfone groups is 1. The topological polar surface area (TPSA) is 122 Å². The first kappa shape index (κ1) is 15.6. The molecule has 2 aromatic rings. The number of azo groups is 1. The predicted molar refractivity (Wildman–Crippen MR) is 78.5 cm³/mol. The van der Waals surface area contributed by atoms with Gasteiger partial charge in [-0.15, -0.1) is 5.11 Å². The van der Waals surface area contributed by atoms with Crippen LogP contribution >= 0.6 is 0 Å². The Balaban J connectivity index is 2.31. The van der Waals surface area contributed by atoms with Gasteiger partial charge in [0.15, 0.2) is 9.84 Å². The molecule has 0 fully saturated rings. The van der Waals surface area contributed by atoms with Gasteiger partial charge in [0.25, 0.3) is 5.69 Å². The Morgan fingerprint density at radius 3 is 2.27 bits per heavy atom. The van der Waals surface area contributed by atoms with E-state index in [4.69, 9.17) is 0 Å². The number of phenols is 1. The fourth-order valence-corrected chi connectivity index (χ4v) is 2.21. The summed E-state index contributed by atoms with van der Waals surface area (Å²) in [5.41, 5.74) is 0.233. The molecule has 8 nitrogen and oxygen atoms in total. The van der Waals surface area contributed by atoms with Crippen molar-refractivity contribution in [3.05, 3.63) is 52.6 Å². The van der Waals surface area contributed by atoms with Gasteiger partial charge >= 0.3 is 0 Å². The van der Waals surface area contributed by atoms with E-state index in [9.17, 15) is 23.6 Å². The van der Waals surface area contributed by atoms with Gasteiger partial charge in [-0.25, -0.2) is 8.42 Å². The van der Waals surface area contributed by atoms with E-state index >= 15 is 0 Å². The lowest BCUT2D eigenvalue weighted by atomic mass is 10.3. The van der Waals surface area contributed by atoms with Crippen molar-refractivity contribution in [1.82, 2.24) is 0 Å². The normalized spacial score (nSPS) is 11.7. The van der Waals surface area contributed by atoms with Gasteiger partial charge < -0.3 is 5.11 Å². The summed E-state index contributed by atoms with van der Waals surface area (Å²) < 4.78 is 22.9. The van der Waals surface area contributed by atoms with Gasteiger partial charge in [-0.1, -0.05) is 0 Å². The maximum absolute atomic E-state index is 11.5. The first-order chi connectivity index (χ1) is 10.3. The lowest BCUT2D eigenvalue weighted by Crippen LogP contribution is -1.95. The van der Waals surface area contributed by atoms with E-state index in [-0.39, 0.29) is 22.0 Å². The van der Waals surface area contributed by atoms with Crippen molar-refractivity contribution in [3.63, 3.8) is 0 Å². The number of non-ortho nitro benzene ring substituents is 1. The maximum Gasteiger partial charge on any atom is 0.269 e. The fourth-order valence-electron chi connectivity index (χ4n) is 1.57.